The number of anilines is 1. The summed E-state index contributed by atoms with van der Waals surface area (Å²) in [6.45, 7) is 0.898. The third-order valence-electron chi connectivity index (χ3n) is 2.70. The van der Waals surface area contributed by atoms with Gasteiger partial charge >= 0.3 is 0 Å². The number of nitrogens with one attached hydrogen (secondary N) is 1. The SMILES string of the molecule is CNc1cc(-c2ccccc2CN(C)C)ncn1. The van der Waals surface area contributed by atoms with Crippen molar-refractivity contribution >= 4 is 5.82 Å². The second-order valence-electron chi connectivity index (χ2n) is 4.43. The number of rotatable bonds is 4. The molecule has 1 N–H and O–H groups in total. The third kappa shape index (κ3) is 2.84. The minimum Gasteiger partial charge on any atom is -0.373 e. The van der Waals surface area contributed by atoms with E-state index in [9.17, 15) is 0 Å². The zero-order valence-electron chi connectivity index (χ0n) is 11.0. The fourth-order valence-electron chi connectivity index (χ4n) is 1.89. The average Bonchev–Trinajstić information content (AvgIpc) is 2.39. The summed E-state index contributed by atoms with van der Waals surface area (Å²) >= 11 is 0. The molecule has 4 heteroatoms. The Morgan fingerprint density at radius 3 is 2.67 bits per heavy atom. The summed E-state index contributed by atoms with van der Waals surface area (Å²) in [5.74, 6) is 0.833. The maximum atomic E-state index is 4.36. The summed E-state index contributed by atoms with van der Waals surface area (Å²) in [6.07, 6.45) is 1.59. The van der Waals surface area contributed by atoms with E-state index in [4.69, 9.17) is 0 Å². The van der Waals surface area contributed by atoms with Crippen LogP contribution in [0.2, 0.25) is 0 Å². The molecule has 0 atom stereocenters. The molecule has 0 spiro atoms. The lowest BCUT2D eigenvalue weighted by Crippen LogP contribution is -2.11. The molecule has 0 unspecified atom stereocenters. The Morgan fingerprint density at radius 2 is 1.94 bits per heavy atom. The smallest absolute Gasteiger partial charge is 0.129 e. The first kappa shape index (κ1) is 12.5. The number of hydrogen-bond acceptors (Lipinski definition) is 4. The topological polar surface area (TPSA) is 41.0 Å². The van der Waals surface area contributed by atoms with Crippen LogP contribution in [0.4, 0.5) is 5.82 Å². The number of benzene rings is 1. The summed E-state index contributed by atoms with van der Waals surface area (Å²) in [5, 5.41) is 3.04. The van der Waals surface area contributed by atoms with Crippen LogP contribution < -0.4 is 5.32 Å². The molecule has 0 amide bonds. The van der Waals surface area contributed by atoms with Gasteiger partial charge in [-0.05, 0) is 19.7 Å². The van der Waals surface area contributed by atoms with Crippen LogP contribution in [0, 0.1) is 0 Å². The monoisotopic (exact) mass is 242 g/mol. The van der Waals surface area contributed by atoms with Crippen LogP contribution in [-0.2, 0) is 6.54 Å². The van der Waals surface area contributed by atoms with E-state index in [0.717, 1.165) is 23.6 Å². The van der Waals surface area contributed by atoms with Gasteiger partial charge in [-0.15, -0.1) is 0 Å². The van der Waals surface area contributed by atoms with Gasteiger partial charge in [-0.2, -0.15) is 0 Å². The normalized spacial score (nSPS) is 10.7. The lowest BCUT2D eigenvalue weighted by atomic mass is 10.0. The lowest BCUT2D eigenvalue weighted by Gasteiger charge is -2.14. The molecule has 0 fully saturated rings. The maximum absolute atomic E-state index is 4.36. The Bertz CT molecular complexity index is 523. The molecule has 2 aromatic rings. The van der Waals surface area contributed by atoms with Gasteiger partial charge in [-0.1, -0.05) is 24.3 Å². The van der Waals surface area contributed by atoms with Gasteiger partial charge in [0, 0.05) is 25.2 Å². The quantitative estimate of drug-likeness (QED) is 0.892. The van der Waals surface area contributed by atoms with Gasteiger partial charge in [0.05, 0.1) is 5.69 Å². The molecule has 2 rings (SSSR count). The van der Waals surface area contributed by atoms with E-state index in [1.807, 2.05) is 19.2 Å². The Kier molecular flexibility index (Phi) is 3.89. The summed E-state index contributed by atoms with van der Waals surface area (Å²) in [6, 6.07) is 10.3. The molecule has 0 saturated carbocycles. The predicted octanol–water partition coefficient (Wildman–Crippen LogP) is 2.25. The average molecular weight is 242 g/mol. The zero-order valence-corrected chi connectivity index (χ0v) is 11.0. The highest BCUT2D eigenvalue weighted by molar-refractivity contribution is 5.65. The van der Waals surface area contributed by atoms with Crippen molar-refractivity contribution in [3.63, 3.8) is 0 Å². The molecule has 0 radical (unpaired) electrons. The fourth-order valence-corrected chi connectivity index (χ4v) is 1.89. The van der Waals surface area contributed by atoms with Gasteiger partial charge in [0.25, 0.3) is 0 Å². The molecule has 4 nitrogen and oxygen atoms in total. The van der Waals surface area contributed by atoms with Crippen molar-refractivity contribution in [2.45, 2.75) is 6.54 Å². The van der Waals surface area contributed by atoms with Crippen molar-refractivity contribution in [2.75, 3.05) is 26.5 Å². The largest absolute Gasteiger partial charge is 0.373 e. The molecule has 0 bridgehead atoms. The van der Waals surface area contributed by atoms with Gasteiger partial charge in [0.2, 0.25) is 0 Å². The highest BCUT2D eigenvalue weighted by Crippen LogP contribution is 2.23. The van der Waals surface area contributed by atoms with Gasteiger partial charge < -0.3 is 10.2 Å². The number of hydrogen-bond donors (Lipinski definition) is 1. The van der Waals surface area contributed by atoms with Gasteiger partial charge in [-0.25, -0.2) is 9.97 Å². The van der Waals surface area contributed by atoms with E-state index in [1.54, 1.807) is 6.33 Å². The van der Waals surface area contributed by atoms with Crippen molar-refractivity contribution in [2.24, 2.45) is 0 Å². The van der Waals surface area contributed by atoms with Crippen LogP contribution in [0.5, 0.6) is 0 Å². The van der Waals surface area contributed by atoms with Crippen LogP contribution in [0.1, 0.15) is 5.56 Å². The van der Waals surface area contributed by atoms with Gasteiger partial charge in [0.1, 0.15) is 12.1 Å². The second kappa shape index (κ2) is 5.60. The summed E-state index contributed by atoms with van der Waals surface area (Å²) < 4.78 is 0. The standard InChI is InChI=1S/C14H18N4/c1-15-14-8-13(16-10-17-14)12-7-5-4-6-11(12)9-18(2)3/h4-8,10H,9H2,1-3H3,(H,15,16,17). The van der Waals surface area contributed by atoms with E-state index in [1.165, 1.54) is 5.56 Å². The van der Waals surface area contributed by atoms with Gasteiger partial charge in [0.15, 0.2) is 0 Å². The molecular formula is C14H18N4. The molecule has 18 heavy (non-hydrogen) atoms. The van der Waals surface area contributed by atoms with Crippen LogP contribution >= 0.6 is 0 Å². The van der Waals surface area contributed by atoms with Crippen molar-refractivity contribution in [1.82, 2.24) is 14.9 Å². The Balaban J connectivity index is 2.42. The highest BCUT2D eigenvalue weighted by atomic mass is 15.0. The summed E-state index contributed by atoms with van der Waals surface area (Å²) in [5.41, 5.74) is 3.38. The van der Waals surface area contributed by atoms with Crippen LogP contribution in [-0.4, -0.2) is 36.0 Å². The van der Waals surface area contributed by atoms with Crippen LogP contribution in [0.3, 0.4) is 0 Å². The first-order chi connectivity index (χ1) is 8.70. The minimum absolute atomic E-state index is 0.833. The predicted molar refractivity (Wildman–Crippen MR) is 74.4 cm³/mol. The van der Waals surface area contributed by atoms with E-state index in [0.29, 0.717) is 0 Å². The first-order valence-corrected chi connectivity index (χ1v) is 5.93. The number of nitrogens with zero attached hydrogens (tertiary/aromatic N) is 3. The molecule has 0 aliphatic rings. The highest BCUT2D eigenvalue weighted by Gasteiger charge is 2.07. The van der Waals surface area contributed by atoms with Crippen molar-refractivity contribution in [3.05, 3.63) is 42.2 Å². The summed E-state index contributed by atoms with van der Waals surface area (Å²) in [4.78, 5) is 10.6. The molecule has 1 aromatic heterocycles. The van der Waals surface area contributed by atoms with Crippen LogP contribution in [0.15, 0.2) is 36.7 Å². The fraction of sp³-hybridized carbons (Fsp3) is 0.286. The minimum atomic E-state index is 0.833. The molecule has 1 heterocycles. The third-order valence-corrected chi connectivity index (χ3v) is 2.70. The zero-order chi connectivity index (χ0) is 13.0. The molecule has 0 aliphatic carbocycles. The molecule has 0 aliphatic heterocycles. The van der Waals surface area contributed by atoms with Crippen molar-refractivity contribution in [1.29, 1.82) is 0 Å². The van der Waals surface area contributed by atoms with E-state index in [-0.39, 0.29) is 0 Å². The van der Waals surface area contributed by atoms with Gasteiger partial charge in [-0.3, -0.25) is 0 Å². The second-order valence-corrected chi connectivity index (χ2v) is 4.43. The Hall–Kier alpha value is -1.94. The van der Waals surface area contributed by atoms with E-state index in [2.05, 4.69) is 52.5 Å². The van der Waals surface area contributed by atoms with Crippen molar-refractivity contribution < 1.29 is 0 Å². The summed E-state index contributed by atoms with van der Waals surface area (Å²) in [7, 11) is 5.99. The number of aromatic nitrogens is 2. The Morgan fingerprint density at radius 1 is 1.17 bits per heavy atom. The van der Waals surface area contributed by atoms with Crippen LogP contribution in [0.25, 0.3) is 11.3 Å². The van der Waals surface area contributed by atoms with E-state index < -0.39 is 0 Å². The molecular weight excluding hydrogens is 224 g/mol. The molecule has 1 aromatic carbocycles. The lowest BCUT2D eigenvalue weighted by molar-refractivity contribution is 0.403. The molecule has 0 saturated heterocycles. The van der Waals surface area contributed by atoms with Crippen molar-refractivity contribution in [3.8, 4) is 11.3 Å². The maximum Gasteiger partial charge on any atom is 0.129 e. The van der Waals surface area contributed by atoms with E-state index >= 15 is 0 Å². The molecule has 94 valence electrons. The first-order valence-electron chi connectivity index (χ1n) is 5.93. The Labute approximate surface area is 108 Å².